The van der Waals surface area contributed by atoms with Crippen LogP contribution in [-0.2, 0) is 9.59 Å². The Morgan fingerprint density at radius 1 is 1.40 bits per heavy atom. The summed E-state index contributed by atoms with van der Waals surface area (Å²) in [7, 11) is 0. The Balaban J connectivity index is 2.58. The Kier molecular flexibility index (Phi) is 3.34. The number of carboxylic acid groups (broad SMARTS) is 1. The second-order valence-electron chi connectivity index (χ2n) is 5.00. The molecule has 1 atom stereocenters. The van der Waals surface area contributed by atoms with E-state index in [-0.39, 0.29) is 11.8 Å². The molecular weight excluding hydrogens is 196 g/mol. The average molecular weight is 214 g/mol. The van der Waals surface area contributed by atoms with Crippen LogP contribution in [0.1, 0.15) is 20.8 Å². The van der Waals surface area contributed by atoms with Crippen molar-refractivity contribution in [3.63, 3.8) is 0 Å². The minimum Gasteiger partial charge on any atom is -0.480 e. The van der Waals surface area contributed by atoms with Crippen LogP contribution in [-0.4, -0.2) is 36.1 Å². The molecule has 0 aromatic carbocycles. The number of carboxylic acids is 1. The zero-order chi connectivity index (χ0) is 11.6. The third-order valence-electron chi connectivity index (χ3n) is 2.55. The first-order valence-electron chi connectivity index (χ1n) is 5.06. The van der Waals surface area contributed by atoms with E-state index in [4.69, 9.17) is 5.11 Å². The summed E-state index contributed by atoms with van der Waals surface area (Å²) in [5.41, 5.74) is -0.474. The molecule has 3 N–H and O–H groups in total. The predicted octanol–water partition coefficient (Wildman–Crippen LogP) is -0.179. The minimum atomic E-state index is -0.983. The van der Waals surface area contributed by atoms with Crippen LogP contribution in [0.5, 0.6) is 0 Å². The molecule has 0 spiro atoms. The van der Waals surface area contributed by atoms with Gasteiger partial charge in [-0.25, -0.2) is 4.79 Å². The molecule has 15 heavy (non-hydrogen) atoms. The van der Waals surface area contributed by atoms with Gasteiger partial charge in [0, 0.05) is 13.1 Å². The van der Waals surface area contributed by atoms with Crippen molar-refractivity contribution in [1.82, 2.24) is 10.6 Å². The maximum atomic E-state index is 11.6. The summed E-state index contributed by atoms with van der Waals surface area (Å²) in [5.74, 6) is -1.23. The van der Waals surface area contributed by atoms with Crippen molar-refractivity contribution < 1.29 is 14.7 Å². The van der Waals surface area contributed by atoms with E-state index in [0.717, 1.165) is 0 Å². The second-order valence-corrected chi connectivity index (χ2v) is 5.00. The molecule has 1 heterocycles. The third kappa shape index (κ3) is 2.92. The summed E-state index contributed by atoms with van der Waals surface area (Å²) in [5, 5.41) is 14.6. The molecule has 1 amide bonds. The van der Waals surface area contributed by atoms with Gasteiger partial charge in [0.15, 0.2) is 0 Å². The lowest BCUT2D eigenvalue weighted by atomic mass is 9.86. The van der Waals surface area contributed by atoms with E-state index < -0.39 is 17.4 Å². The van der Waals surface area contributed by atoms with Crippen molar-refractivity contribution in [3.8, 4) is 0 Å². The molecule has 0 aromatic rings. The van der Waals surface area contributed by atoms with E-state index in [1.54, 1.807) is 20.8 Å². The smallest absolute Gasteiger partial charge is 0.326 e. The van der Waals surface area contributed by atoms with E-state index in [0.29, 0.717) is 13.1 Å². The molecule has 1 fully saturated rings. The van der Waals surface area contributed by atoms with Gasteiger partial charge in [-0.1, -0.05) is 20.8 Å². The van der Waals surface area contributed by atoms with Gasteiger partial charge < -0.3 is 15.7 Å². The number of hydrogen-bond acceptors (Lipinski definition) is 3. The fourth-order valence-corrected chi connectivity index (χ4v) is 1.38. The molecule has 86 valence electrons. The van der Waals surface area contributed by atoms with Crippen LogP contribution in [0.15, 0.2) is 0 Å². The number of nitrogens with one attached hydrogen (secondary N) is 2. The van der Waals surface area contributed by atoms with E-state index in [1.165, 1.54) is 0 Å². The van der Waals surface area contributed by atoms with Crippen molar-refractivity contribution in [2.45, 2.75) is 26.8 Å². The Morgan fingerprint density at radius 3 is 2.20 bits per heavy atom. The zero-order valence-corrected chi connectivity index (χ0v) is 9.33. The number of aliphatic carboxylic acids is 1. The lowest BCUT2D eigenvalue weighted by Gasteiger charge is -2.32. The standard InChI is InChI=1S/C10H18N2O3/c1-10(2,3)7(9(14)15)12-8(13)6-4-11-5-6/h6-7,11H,4-5H2,1-3H3,(H,12,13)(H,14,15). The SMILES string of the molecule is CC(C)(C)C(NC(=O)C1CNC1)C(=O)O. The molecule has 0 aliphatic carbocycles. The van der Waals surface area contributed by atoms with Crippen LogP contribution in [0.3, 0.4) is 0 Å². The normalized spacial score (nSPS) is 19.1. The van der Waals surface area contributed by atoms with Gasteiger partial charge in [0.1, 0.15) is 6.04 Å². The molecular formula is C10H18N2O3. The minimum absolute atomic E-state index is 0.0748. The lowest BCUT2D eigenvalue weighted by molar-refractivity contribution is -0.145. The van der Waals surface area contributed by atoms with Crippen molar-refractivity contribution in [1.29, 1.82) is 0 Å². The van der Waals surface area contributed by atoms with Gasteiger partial charge in [-0.15, -0.1) is 0 Å². The summed E-state index contributed by atoms with van der Waals surface area (Å²) in [6.07, 6.45) is 0. The Bertz CT molecular complexity index is 266. The van der Waals surface area contributed by atoms with E-state index in [9.17, 15) is 9.59 Å². The molecule has 0 aromatic heterocycles. The number of amides is 1. The molecule has 1 saturated heterocycles. The largest absolute Gasteiger partial charge is 0.480 e. The van der Waals surface area contributed by atoms with E-state index in [2.05, 4.69) is 10.6 Å². The molecule has 5 nitrogen and oxygen atoms in total. The van der Waals surface area contributed by atoms with E-state index in [1.807, 2.05) is 0 Å². The predicted molar refractivity (Wildman–Crippen MR) is 55.4 cm³/mol. The Morgan fingerprint density at radius 2 is 1.93 bits per heavy atom. The number of carbonyl (C=O) groups excluding carboxylic acids is 1. The van der Waals surface area contributed by atoms with Crippen LogP contribution in [0, 0.1) is 11.3 Å². The fraction of sp³-hybridized carbons (Fsp3) is 0.800. The summed E-state index contributed by atoms with van der Waals surface area (Å²) in [6.45, 7) is 6.67. The molecule has 1 aliphatic heterocycles. The highest BCUT2D eigenvalue weighted by atomic mass is 16.4. The van der Waals surface area contributed by atoms with Gasteiger partial charge >= 0.3 is 5.97 Å². The van der Waals surface area contributed by atoms with Crippen molar-refractivity contribution in [3.05, 3.63) is 0 Å². The van der Waals surface area contributed by atoms with Crippen LogP contribution < -0.4 is 10.6 Å². The Labute approximate surface area is 89.2 Å². The maximum Gasteiger partial charge on any atom is 0.326 e. The van der Waals surface area contributed by atoms with Crippen LogP contribution in [0.25, 0.3) is 0 Å². The first kappa shape index (κ1) is 12.0. The Hall–Kier alpha value is -1.10. The number of hydrogen-bond donors (Lipinski definition) is 3. The van der Waals surface area contributed by atoms with Crippen molar-refractivity contribution in [2.24, 2.45) is 11.3 Å². The molecule has 0 radical (unpaired) electrons. The highest BCUT2D eigenvalue weighted by molar-refractivity contribution is 5.86. The molecule has 0 saturated carbocycles. The monoisotopic (exact) mass is 214 g/mol. The van der Waals surface area contributed by atoms with Gasteiger partial charge in [0.2, 0.25) is 5.91 Å². The summed E-state index contributed by atoms with van der Waals surface area (Å²) in [6, 6.07) is -0.828. The number of carbonyl (C=O) groups is 2. The molecule has 1 rings (SSSR count). The summed E-state index contributed by atoms with van der Waals surface area (Å²) >= 11 is 0. The van der Waals surface area contributed by atoms with Gasteiger partial charge in [0.05, 0.1) is 5.92 Å². The quantitative estimate of drug-likeness (QED) is 0.609. The van der Waals surface area contributed by atoms with E-state index >= 15 is 0 Å². The maximum absolute atomic E-state index is 11.6. The molecule has 1 unspecified atom stereocenters. The van der Waals surface area contributed by atoms with Crippen molar-refractivity contribution >= 4 is 11.9 Å². The molecule has 1 aliphatic rings. The van der Waals surface area contributed by atoms with Crippen LogP contribution in [0.2, 0.25) is 0 Å². The van der Waals surface area contributed by atoms with Gasteiger partial charge in [0.25, 0.3) is 0 Å². The summed E-state index contributed by atoms with van der Waals surface area (Å²) in [4.78, 5) is 22.6. The second kappa shape index (κ2) is 4.18. The highest BCUT2D eigenvalue weighted by Crippen LogP contribution is 2.20. The number of rotatable bonds is 3. The third-order valence-corrected chi connectivity index (χ3v) is 2.55. The first-order valence-corrected chi connectivity index (χ1v) is 5.06. The first-order chi connectivity index (χ1) is 6.82. The lowest BCUT2D eigenvalue weighted by Crippen LogP contribution is -2.56. The van der Waals surface area contributed by atoms with Crippen LogP contribution in [0.4, 0.5) is 0 Å². The van der Waals surface area contributed by atoms with Crippen LogP contribution >= 0.6 is 0 Å². The van der Waals surface area contributed by atoms with Crippen molar-refractivity contribution in [2.75, 3.05) is 13.1 Å². The van der Waals surface area contributed by atoms with Gasteiger partial charge in [-0.2, -0.15) is 0 Å². The molecule has 5 heteroatoms. The van der Waals surface area contributed by atoms with Gasteiger partial charge in [-0.05, 0) is 5.41 Å². The molecule has 0 bridgehead atoms. The topological polar surface area (TPSA) is 78.4 Å². The average Bonchev–Trinajstić information content (AvgIpc) is 1.93. The summed E-state index contributed by atoms with van der Waals surface area (Å²) < 4.78 is 0. The highest BCUT2D eigenvalue weighted by Gasteiger charge is 2.35. The van der Waals surface area contributed by atoms with Gasteiger partial charge in [-0.3, -0.25) is 4.79 Å². The zero-order valence-electron chi connectivity index (χ0n) is 9.33. The fourth-order valence-electron chi connectivity index (χ4n) is 1.38.